The molecule has 8 heteroatoms. The number of para-hydroxylation sites is 1. The number of methoxy groups -OCH3 is 2. The zero-order valence-corrected chi connectivity index (χ0v) is 20.2. The second-order valence-corrected chi connectivity index (χ2v) is 9.49. The van der Waals surface area contributed by atoms with Crippen LogP contribution >= 0.6 is 0 Å². The predicted molar refractivity (Wildman–Crippen MR) is 131 cm³/mol. The monoisotopic (exact) mass is 477 g/mol. The summed E-state index contributed by atoms with van der Waals surface area (Å²) in [7, 11) is 3.14. The third-order valence-electron chi connectivity index (χ3n) is 7.66. The van der Waals surface area contributed by atoms with E-state index in [-0.39, 0.29) is 12.6 Å². The van der Waals surface area contributed by atoms with Crippen molar-refractivity contribution in [3.8, 4) is 11.5 Å². The van der Waals surface area contributed by atoms with Crippen LogP contribution in [0.5, 0.6) is 11.5 Å². The van der Waals surface area contributed by atoms with E-state index in [0.717, 1.165) is 49.0 Å². The molecule has 0 aromatic heterocycles. The van der Waals surface area contributed by atoms with Gasteiger partial charge in [-0.15, -0.1) is 0 Å². The molecular weight excluding hydrogens is 446 g/mol. The van der Waals surface area contributed by atoms with E-state index in [4.69, 9.17) is 9.47 Å². The van der Waals surface area contributed by atoms with Gasteiger partial charge in [0.25, 0.3) is 0 Å². The lowest BCUT2D eigenvalue weighted by atomic mass is 9.67. The van der Waals surface area contributed by atoms with Gasteiger partial charge in [0.15, 0.2) is 16.9 Å². The number of imide groups is 2. The van der Waals surface area contributed by atoms with Gasteiger partial charge in [-0.1, -0.05) is 37.1 Å². The number of rotatable bonds is 5. The molecule has 0 radical (unpaired) electrons. The summed E-state index contributed by atoms with van der Waals surface area (Å²) in [5.41, 5.74) is 1.66. The van der Waals surface area contributed by atoms with Gasteiger partial charge in [0.2, 0.25) is 11.8 Å². The smallest absolute Gasteiger partial charge is 0.330 e. The van der Waals surface area contributed by atoms with Gasteiger partial charge >= 0.3 is 6.03 Å². The molecule has 1 N–H and O–H groups in total. The van der Waals surface area contributed by atoms with Crippen molar-refractivity contribution in [2.75, 3.05) is 32.2 Å². The minimum absolute atomic E-state index is 0.170. The van der Waals surface area contributed by atoms with Gasteiger partial charge in [-0.25, -0.2) is 4.79 Å². The molecule has 2 atom stereocenters. The Morgan fingerprint density at radius 2 is 1.80 bits per heavy atom. The topological polar surface area (TPSA) is 88.2 Å². The predicted octanol–water partition coefficient (Wildman–Crippen LogP) is 3.32. The van der Waals surface area contributed by atoms with E-state index in [0.29, 0.717) is 24.3 Å². The SMILES string of the molecule is COc1ccc(CCN2C(=O)NC(=O)[C@@]3(Cc4ccccc4N4CCCCC[C@@H]43)C2=O)cc1OC. The Morgan fingerprint density at radius 3 is 2.60 bits per heavy atom. The summed E-state index contributed by atoms with van der Waals surface area (Å²) in [5, 5.41) is 2.54. The lowest BCUT2D eigenvalue weighted by Gasteiger charge is -2.51. The van der Waals surface area contributed by atoms with Crippen molar-refractivity contribution in [1.29, 1.82) is 0 Å². The fraction of sp³-hybridized carbons (Fsp3) is 0.444. The molecule has 3 aliphatic heterocycles. The number of hydrogen-bond donors (Lipinski definition) is 1. The summed E-state index contributed by atoms with van der Waals surface area (Å²) in [5.74, 6) is 0.338. The van der Waals surface area contributed by atoms with Gasteiger partial charge in [0.1, 0.15) is 0 Å². The highest BCUT2D eigenvalue weighted by molar-refractivity contribution is 6.20. The number of anilines is 1. The maximum absolute atomic E-state index is 14.1. The van der Waals surface area contributed by atoms with Gasteiger partial charge in [0, 0.05) is 18.8 Å². The second kappa shape index (κ2) is 9.24. The van der Waals surface area contributed by atoms with E-state index in [1.807, 2.05) is 30.3 Å². The first kappa shape index (κ1) is 23.2. The van der Waals surface area contributed by atoms with E-state index in [9.17, 15) is 14.4 Å². The summed E-state index contributed by atoms with van der Waals surface area (Å²) >= 11 is 0. The number of amides is 4. The Labute approximate surface area is 205 Å². The second-order valence-electron chi connectivity index (χ2n) is 9.49. The molecule has 8 nitrogen and oxygen atoms in total. The van der Waals surface area contributed by atoms with Gasteiger partial charge in [-0.3, -0.25) is 19.8 Å². The van der Waals surface area contributed by atoms with Crippen LogP contribution in [0.4, 0.5) is 10.5 Å². The van der Waals surface area contributed by atoms with Crippen molar-refractivity contribution >= 4 is 23.5 Å². The molecule has 3 aliphatic rings. The summed E-state index contributed by atoms with van der Waals surface area (Å²) in [6, 6.07) is 12.6. The van der Waals surface area contributed by atoms with E-state index in [2.05, 4.69) is 16.3 Å². The van der Waals surface area contributed by atoms with Crippen molar-refractivity contribution in [3.63, 3.8) is 0 Å². The molecule has 2 aromatic carbocycles. The maximum atomic E-state index is 14.1. The zero-order chi connectivity index (χ0) is 24.6. The van der Waals surface area contributed by atoms with Crippen LogP contribution in [0.2, 0.25) is 0 Å². The van der Waals surface area contributed by atoms with Gasteiger partial charge in [-0.2, -0.15) is 0 Å². The molecule has 3 heterocycles. The standard InChI is InChI=1S/C27H31N3O5/c1-34-21-12-11-18(16-22(21)35-2)13-15-30-25(32)27(24(31)28-26(30)33)17-19-8-5-6-9-20(19)29-14-7-3-4-10-23(27)29/h5-6,8-9,11-12,16,23H,3-4,7,10,13-15,17H2,1-2H3,(H,28,31,33)/t23-,27+/m1/s1. The van der Waals surface area contributed by atoms with Crippen LogP contribution < -0.4 is 19.7 Å². The van der Waals surface area contributed by atoms with Gasteiger partial charge in [-0.05, 0) is 55.0 Å². The first-order valence-corrected chi connectivity index (χ1v) is 12.2. The Balaban J connectivity index is 1.47. The van der Waals surface area contributed by atoms with Crippen LogP contribution in [0.3, 0.4) is 0 Å². The number of barbiturate groups is 1. The van der Waals surface area contributed by atoms with Gasteiger partial charge in [0.05, 0.1) is 20.3 Å². The van der Waals surface area contributed by atoms with E-state index >= 15 is 0 Å². The van der Waals surface area contributed by atoms with E-state index < -0.39 is 23.3 Å². The molecule has 1 spiro atoms. The van der Waals surface area contributed by atoms with Crippen LogP contribution in [-0.2, 0) is 22.4 Å². The molecule has 0 bridgehead atoms. The van der Waals surface area contributed by atoms with Crippen molar-refractivity contribution < 1.29 is 23.9 Å². The average Bonchev–Trinajstić information content (AvgIpc) is 3.14. The quantitative estimate of drug-likeness (QED) is 0.665. The number of hydrogen-bond acceptors (Lipinski definition) is 6. The molecule has 2 fully saturated rings. The highest BCUT2D eigenvalue weighted by Gasteiger charge is 2.61. The molecular formula is C27H31N3O5. The van der Waals surface area contributed by atoms with Crippen molar-refractivity contribution in [3.05, 3.63) is 53.6 Å². The number of nitrogens with zero attached hydrogens (tertiary/aromatic N) is 2. The minimum atomic E-state index is -1.32. The highest BCUT2D eigenvalue weighted by atomic mass is 16.5. The Hall–Kier alpha value is -3.55. The Kier molecular flexibility index (Phi) is 6.13. The van der Waals surface area contributed by atoms with Crippen molar-refractivity contribution in [2.45, 2.75) is 44.6 Å². The third-order valence-corrected chi connectivity index (χ3v) is 7.66. The summed E-state index contributed by atoms with van der Waals surface area (Å²) in [4.78, 5) is 44.0. The molecule has 2 aromatic rings. The third kappa shape index (κ3) is 3.81. The average molecular weight is 478 g/mol. The lowest BCUT2D eigenvalue weighted by Crippen LogP contribution is -2.72. The number of carbonyl (C=O) groups is 3. The van der Waals surface area contributed by atoms with Crippen molar-refractivity contribution in [1.82, 2.24) is 10.2 Å². The molecule has 35 heavy (non-hydrogen) atoms. The first-order valence-electron chi connectivity index (χ1n) is 12.2. The molecule has 5 rings (SSSR count). The van der Waals surface area contributed by atoms with E-state index in [1.54, 1.807) is 20.3 Å². The Bertz CT molecular complexity index is 1170. The number of benzene rings is 2. The Morgan fingerprint density at radius 1 is 1.00 bits per heavy atom. The normalized spacial score (nSPS) is 23.9. The van der Waals surface area contributed by atoms with Crippen LogP contribution in [0.15, 0.2) is 42.5 Å². The summed E-state index contributed by atoms with van der Waals surface area (Å²) < 4.78 is 10.7. The number of urea groups is 1. The van der Waals surface area contributed by atoms with Crippen LogP contribution in [0.25, 0.3) is 0 Å². The van der Waals surface area contributed by atoms with Crippen molar-refractivity contribution in [2.24, 2.45) is 5.41 Å². The molecule has 184 valence electrons. The van der Waals surface area contributed by atoms with Crippen LogP contribution in [-0.4, -0.2) is 56.1 Å². The zero-order valence-electron chi connectivity index (χ0n) is 20.2. The maximum Gasteiger partial charge on any atom is 0.330 e. The largest absolute Gasteiger partial charge is 0.493 e. The summed E-state index contributed by atoms with van der Waals surface area (Å²) in [6.07, 6.45) is 4.50. The highest BCUT2D eigenvalue weighted by Crippen LogP contribution is 2.47. The number of carbonyl (C=O) groups excluding carboxylic acids is 3. The number of ether oxygens (including phenoxy) is 2. The molecule has 2 saturated heterocycles. The first-order chi connectivity index (χ1) is 17.0. The molecule has 0 aliphatic carbocycles. The summed E-state index contributed by atoms with van der Waals surface area (Å²) in [6.45, 7) is 0.965. The fourth-order valence-electron chi connectivity index (χ4n) is 5.90. The van der Waals surface area contributed by atoms with Crippen LogP contribution in [0.1, 0.15) is 36.8 Å². The van der Waals surface area contributed by atoms with E-state index in [1.165, 1.54) is 4.90 Å². The lowest BCUT2D eigenvalue weighted by molar-refractivity contribution is -0.153. The molecule has 0 unspecified atom stereocenters. The van der Waals surface area contributed by atoms with Crippen LogP contribution in [0, 0.1) is 5.41 Å². The van der Waals surface area contributed by atoms with Gasteiger partial charge < -0.3 is 14.4 Å². The molecule has 4 amide bonds. The fourth-order valence-corrected chi connectivity index (χ4v) is 5.90. The number of fused-ring (bicyclic) bond motifs is 4. The number of nitrogens with one attached hydrogen (secondary N) is 1. The molecule has 0 saturated carbocycles. The minimum Gasteiger partial charge on any atom is -0.493 e.